The molecular weight excluding hydrogens is 585 g/mol. The maximum atomic E-state index is 14.0. The summed E-state index contributed by atoms with van der Waals surface area (Å²) in [5.74, 6) is -2.58. The van der Waals surface area contributed by atoms with Crippen LogP contribution in [0.1, 0.15) is 92.8 Å². The van der Waals surface area contributed by atoms with Gasteiger partial charge in [-0.15, -0.1) is 13.2 Å². The third kappa shape index (κ3) is 10.7. The molecule has 0 radical (unpaired) electrons. The van der Waals surface area contributed by atoms with Gasteiger partial charge in [-0.05, 0) is 77.8 Å². The number of nitrogens with one attached hydrogen (secondary N) is 2. The third-order valence-corrected chi connectivity index (χ3v) is 7.30. The minimum atomic E-state index is -4.84. The van der Waals surface area contributed by atoms with Crippen LogP contribution < -0.4 is 15.4 Å². The maximum Gasteiger partial charge on any atom is 0.573 e. The average Bonchev–Trinajstić information content (AvgIpc) is 2.97. The quantitative estimate of drug-likeness (QED) is 0.188. The maximum absolute atomic E-state index is 14.0. The lowest BCUT2D eigenvalue weighted by Crippen LogP contribution is -2.28. The van der Waals surface area contributed by atoms with Gasteiger partial charge >= 0.3 is 12.3 Å². The number of halogens is 3. The summed E-state index contributed by atoms with van der Waals surface area (Å²) in [6, 6.07) is 19.8. The first-order valence-corrected chi connectivity index (χ1v) is 15.0. The van der Waals surface area contributed by atoms with E-state index in [0.29, 0.717) is 23.2 Å². The Labute approximate surface area is 262 Å². The van der Waals surface area contributed by atoms with Gasteiger partial charge in [-0.3, -0.25) is 14.4 Å². The molecule has 0 spiro atoms. The number of hydrogen-bond donors (Lipinski definition) is 2. The van der Waals surface area contributed by atoms with E-state index in [0.717, 1.165) is 17.5 Å². The van der Waals surface area contributed by atoms with Crippen molar-refractivity contribution in [2.24, 2.45) is 0 Å². The van der Waals surface area contributed by atoms with Gasteiger partial charge in [-0.25, -0.2) is 0 Å². The van der Waals surface area contributed by atoms with Crippen molar-refractivity contribution in [2.45, 2.75) is 77.5 Å². The summed E-state index contributed by atoms with van der Waals surface area (Å²) in [7, 11) is 0. The molecular formula is C35H41F3N2O5. The molecule has 45 heavy (non-hydrogen) atoms. The number of benzene rings is 3. The van der Waals surface area contributed by atoms with Crippen molar-refractivity contribution < 1.29 is 37.0 Å². The first kappa shape index (κ1) is 35.1. The van der Waals surface area contributed by atoms with Gasteiger partial charge in [0.15, 0.2) is 0 Å². The van der Waals surface area contributed by atoms with Crippen LogP contribution in [-0.4, -0.2) is 37.3 Å². The highest BCUT2D eigenvalue weighted by molar-refractivity contribution is 5.97. The molecule has 3 aromatic rings. The molecule has 0 aliphatic rings. The monoisotopic (exact) mass is 626 g/mol. The molecule has 0 unspecified atom stereocenters. The zero-order valence-corrected chi connectivity index (χ0v) is 26.3. The average molecular weight is 627 g/mol. The Morgan fingerprint density at radius 1 is 0.822 bits per heavy atom. The molecule has 0 heterocycles. The summed E-state index contributed by atoms with van der Waals surface area (Å²) in [5.41, 5.74) is 3.32. The molecule has 0 aromatic heterocycles. The smallest absolute Gasteiger partial charge is 0.466 e. The molecule has 0 fully saturated rings. The molecule has 2 atom stereocenters. The van der Waals surface area contributed by atoms with E-state index >= 15 is 0 Å². The highest BCUT2D eigenvalue weighted by atomic mass is 19.4. The minimum Gasteiger partial charge on any atom is -0.466 e. The zero-order valence-electron chi connectivity index (χ0n) is 26.3. The normalized spacial score (nSPS) is 13.0. The Kier molecular flexibility index (Phi) is 12.2. The fourth-order valence-corrected chi connectivity index (χ4v) is 5.05. The molecule has 0 aliphatic heterocycles. The molecule has 0 saturated carbocycles. The van der Waals surface area contributed by atoms with Gasteiger partial charge < -0.3 is 20.1 Å². The summed E-state index contributed by atoms with van der Waals surface area (Å²) < 4.78 is 47.4. The van der Waals surface area contributed by atoms with Gasteiger partial charge in [0.1, 0.15) is 5.75 Å². The minimum absolute atomic E-state index is 0.0543. The number of carbonyl (C=O) groups excluding carboxylic acids is 3. The summed E-state index contributed by atoms with van der Waals surface area (Å²) in [4.78, 5) is 38.2. The Morgan fingerprint density at radius 3 is 1.96 bits per heavy atom. The zero-order chi connectivity index (χ0) is 33.2. The molecule has 10 heteroatoms. The van der Waals surface area contributed by atoms with E-state index in [1.165, 1.54) is 24.3 Å². The van der Waals surface area contributed by atoms with Gasteiger partial charge in [-0.1, -0.05) is 70.5 Å². The number of ether oxygens (including phenoxy) is 2. The van der Waals surface area contributed by atoms with Gasteiger partial charge in [0.2, 0.25) is 5.91 Å². The van der Waals surface area contributed by atoms with Crippen LogP contribution in [0.25, 0.3) is 0 Å². The van der Waals surface area contributed by atoms with E-state index in [1.807, 2.05) is 31.2 Å². The van der Waals surface area contributed by atoms with Crippen molar-refractivity contribution in [2.75, 3.05) is 18.5 Å². The number of amides is 2. The number of esters is 1. The highest BCUT2D eigenvalue weighted by Gasteiger charge is 2.33. The molecule has 7 nitrogen and oxygen atoms in total. The molecule has 2 N–H and O–H groups in total. The lowest BCUT2D eigenvalue weighted by Gasteiger charge is -2.28. The van der Waals surface area contributed by atoms with E-state index in [-0.39, 0.29) is 48.5 Å². The molecule has 0 bridgehead atoms. The summed E-state index contributed by atoms with van der Waals surface area (Å²) in [6.45, 7) is 10.4. The predicted octanol–water partition coefficient (Wildman–Crippen LogP) is 7.87. The van der Waals surface area contributed by atoms with Crippen LogP contribution in [0.15, 0.2) is 72.8 Å². The summed E-state index contributed by atoms with van der Waals surface area (Å²) in [6.07, 6.45) is -3.47. The number of carbonyl (C=O) groups is 3. The number of alkyl halides is 3. The third-order valence-electron chi connectivity index (χ3n) is 7.30. The highest BCUT2D eigenvalue weighted by Crippen LogP contribution is 2.39. The van der Waals surface area contributed by atoms with Crippen LogP contribution in [-0.2, 0) is 19.7 Å². The van der Waals surface area contributed by atoms with Crippen molar-refractivity contribution in [1.29, 1.82) is 0 Å². The first-order valence-electron chi connectivity index (χ1n) is 15.0. The topological polar surface area (TPSA) is 93.7 Å². The van der Waals surface area contributed by atoms with Crippen LogP contribution in [0.2, 0.25) is 0 Å². The van der Waals surface area contributed by atoms with Crippen molar-refractivity contribution >= 4 is 23.5 Å². The van der Waals surface area contributed by atoms with E-state index < -0.39 is 18.2 Å². The molecule has 242 valence electrons. The molecule has 2 amide bonds. The van der Waals surface area contributed by atoms with Crippen LogP contribution in [0.4, 0.5) is 18.9 Å². The van der Waals surface area contributed by atoms with Crippen molar-refractivity contribution in [3.05, 3.63) is 95.1 Å². The Balaban J connectivity index is 1.91. The number of hydrogen-bond acceptors (Lipinski definition) is 5. The Bertz CT molecular complexity index is 1410. The van der Waals surface area contributed by atoms with Crippen LogP contribution in [0.3, 0.4) is 0 Å². The van der Waals surface area contributed by atoms with Gasteiger partial charge in [0.25, 0.3) is 5.91 Å². The second-order valence-electron chi connectivity index (χ2n) is 11.7. The fourth-order valence-electron chi connectivity index (χ4n) is 5.05. The first-order chi connectivity index (χ1) is 21.2. The Morgan fingerprint density at radius 2 is 1.42 bits per heavy atom. The van der Waals surface area contributed by atoms with Gasteiger partial charge in [0.05, 0.1) is 18.9 Å². The summed E-state index contributed by atoms with van der Waals surface area (Å²) >= 11 is 0. The van der Waals surface area contributed by atoms with E-state index in [2.05, 4.69) is 36.1 Å². The van der Waals surface area contributed by atoms with Crippen molar-refractivity contribution in [3.63, 3.8) is 0 Å². The van der Waals surface area contributed by atoms with Gasteiger partial charge in [0, 0.05) is 17.8 Å². The van der Waals surface area contributed by atoms with Crippen LogP contribution in [0.5, 0.6) is 5.75 Å². The van der Waals surface area contributed by atoms with E-state index in [9.17, 15) is 27.6 Å². The van der Waals surface area contributed by atoms with Gasteiger partial charge in [-0.2, -0.15) is 0 Å². The molecule has 0 aliphatic carbocycles. The lowest BCUT2D eigenvalue weighted by atomic mass is 9.78. The van der Waals surface area contributed by atoms with E-state index in [4.69, 9.17) is 4.74 Å². The summed E-state index contributed by atoms with van der Waals surface area (Å²) in [5, 5.41) is 5.69. The van der Waals surface area contributed by atoms with E-state index in [1.54, 1.807) is 31.2 Å². The SMILES string of the molecule is CCC[C@@H](c1ccc(C(=O)NCCC(=O)OCC)cc1)[C@H](C(=O)Nc1ccc(C(C)(C)C)cc1)c1ccc(OC(F)(F)F)cc1. The molecule has 3 rings (SSSR count). The second kappa shape index (κ2) is 15.6. The number of rotatable bonds is 13. The standard InChI is InChI=1S/C35H41F3N2O5/c1-6-8-29(23-9-11-25(12-10-23)32(42)39-22-21-30(41)44-7-2)31(24-13-19-28(20-14-24)45-35(36,37)38)33(43)40-27-17-15-26(16-18-27)34(3,4)5/h9-20,29,31H,6-8,21-22H2,1-5H3,(H,39,42)(H,40,43)/t29-,31+/m0/s1. The van der Waals surface area contributed by atoms with Crippen molar-refractivity contribution in [1.82, 2.24) is 5.32 Å². The van der Waals surface area contributed by atoms with Crippen LogP contribution in [0, 0.1) is 0 Å². The largest absolute Gasteiger partial charge is 0.573 e. The predicted molar refractivity (Wildman–Crippen MR) is 167 cm³/mol. The van der Waals surface area contributed by atoms with Crippen molar-refractivity contribution in [3.8, 4) is 5.75 Å². The van der Waals surface area contributed by atoms with Crippen LogP contribution >= 0.6 is 0 Å². The molecule has 3 aromatic carbocycles. The second-order valence-corrected chi connectivity index (χ2v) is 11.7. The Hall–Kier alpha value is -4.34. The molecule has 0 saturated heterocycles. The lowest BCUT2D eigenvalue weighted by molar-refractivity contribution is -0.274. The fraction of sp³-hybridized carbons (Fsp3) is 0.400. The number of anilines is 1.